The van der Waals surface area contributed by atoms with Gasteiger partial charge in [-0.25, -0.2) is 0 Å². The summed E-state index contributed by atoms with van der Waals surface area (Å²) >= 11 is -2.96. The van der Waals surface area contributed by atoms with Gasteiger partial charge in [-0.15, -0.1) is 0 Å². The Morgan fingerprint density at radius 2 is 2.15 bits per heavy atom. The molecular formula is C10H12F3IN6. The first-order valence-electron chi connectivity index (χ1n) is 5.96. The molecule has 0 amide bonds. The minimum absolute atomic E-state index is 0.162. The van der Waals surface area contributed by atoms with Crippen molar-refractivity contribution in [2.24, 2.45) is 0 Å². The molecule has 110 valence electrons. The van der Waals surface area contributed by atoms with Crippen LogP contribution in [0, 0.1) is 0 Å². The fourth-order valence-electron chi connectivity index (χ4n) is 2.25. The van der Waals surface area contributed by atoms with Gasteiger partial charge in [0.2, 0.25) is 0 Å². The second kappa shape index (κ2) is 4.97. The monoisotopic (exact) mass is 400 g/mol. The number of nitrogen functional groups attached to an aromatic ring is 1. The molecular weight excluding hydrogens is 388 g/mol. The fraction of sp³-hybridized carbons (Fsp3) is 0.600. The Morgan fingerprint density at radius 1 is 1.35 bits per heavy atom. The molecule has 1 aliphatic rings. The Balaban J connectivity index is 1.93. The summed E-state index contributed by atoms with van der Waals surface area (Å²) in [5, 5.41) is 7.82. The quantitative estimate of drug-likeness (QED) is 0.586. The molecule has 1 atom stereocenters. The number of nitrogens with zero attached hydrogens (tertiary/aromatic N) is 5. The van der Waals surface area contributed by atoms with Gasteiger partial charge in [-0.3, -0.25) is 0 Å². The van der Waals surface area contributed by atoms with Gasteiger partial charge >= 0.3 is 119 Å². The molecule has 1 unspecified atom stereocenters. The molecule has 20 heavy (non-hydrogen) atoms. The molecule has 0 aliphatic carbocycles. The van der Waals surface area contributed by atoms with Crippen LogP contribution in [0.25, 0.3) is 11.2 Å². The van der Waals surface area contributed by atoms with Crippen LogP contribution < -0.4 is 5.73 Å². The average molecular weight is 400 g/mol. The van der Waals surface area contributed by atoms with Gasteiger partial charge in [-0.1, -0.05) is 0 Å². The fourth-order valence-corrected chi connectivity index (χ4v) is 7.21. The van der Waals surface area contributed by atoms with E-state index in [1.54, 1.807) is 0 Å². The number of fused-ring (bicyclic) bond motifs is 1. The van der Waals surface area contributed by atoms with Crippen molar-refractivity contribution >= 4 is 36.8 Å². The van der Waals surface area contributed by atoms with Crippen LogP contribution in [0.2, 0.25) is 0 Å². The van der Waals surface area contributed by atoms with E-state index in [1.807, 2.05) is 0 Å². The second-order valence-corrected chi connectivity index (χ2v) is 10.3. The van der Waals surface area contributed by atoms with Gasteiger partial charge in [-0.05, 0) is 0 Å². The molecule has 0 spiro atoms. The third kappa shape index (κ3) is 2.40. The summed E-state index contributed by atoms with van der Waals surface area (Å²) < 4.78 is 36.7. The topological polar surface area (TPSA) is 82.5 Å². The molecule has 2 N–H and O–H groups in total. The summed E-state index contributed by atoms with van der Waals surface area (Å²) in [6, 6.07) is -0.283. The minimum atomic E-state index is -4.01. The van der Waals surface area contributed by atoms with Gasteiger partial charge in [0.1, 0.15) is 0 Å². The molecule has 0 saturated carbocycles. The molecule has 1 aliphatic heterocycles. The molecule has 10 heteroatoms. The Labute approximate surface area is 119 Å². The van der Waals surface area contributed by atoms with Crippen molar-refractivity contribution in [3.63, 3.8) is 0 Å². The molecule has 2 aromatic heterocycles. The number of hydrogen-bond acceptors (Lipinski definition) is 5. The second-order valence-electron chi connectivity index (χ2n) is 4.49. The van der Waals surface area contributed by atoms with Gasteiger partial charge < -0.3 is 0 Å². The van der Waals surface area contributed by atoms with Crippen LogP contribution in [-0.2, 0) is 0 Å². The number of hydrogen-bond donors (Lipinski definition) is 1. The first-order valence-corrected chi connectivity index (χ1v) is 10.1. The third-order valence-electron chi connectivity index (χ3n) is 3.20. The van der Waals surface area contributed by atoms with Crippen LogP contribution in [0.4, 0.5) is 19.0 Å². The van der Waals surface area contributed by atoms with Gasteiger partial charge in [-0.2, -0.15) is 0 Å². The maximum atomic E-state index is 12.9. The summed E-state index contributed by atoms with van der Waals surface area (Å²) in [5.74, 6) is 0.197. The number of anilines is 1. The van der Waals surface area contributed by atoms with Crippen LogP contribution in [0.5, 0.6) is 0 Å². The van der Waals surface area contributed by atoms with E-state index in [9.17, 15) is 13.2 Å². The zero-order valence-electron chi connectivity index (χ0n) is 10.3. The summed E-state index contributed by atoms with van der Waals surface area (Å²) in [6.45, 7) is 0. The number of halogens is 4. The molecule has 1 saturated heterocycles. The van der Waals surface area contributed by atoms with Crippen LogP contribution in [-0.4, -0.2) is 38.0 Å². The Morgan fingerprint density at radius 3 is 2.90 bits per heavy atom. The van der Waals surface area contributed by atoms with Gasteiger partial charge in [0.25, 0.3) is 0 Å². The first kappa shape index (κ1) is 13.8. The van der Waals surface area contributed by atoms with Crippen molar-refractivity contribution in [1.29, 1.82) is 0 Å². The Hall–Kier alpha value is -1.20. The summed E-state index contributed by atoms with van der Waals surface area (Å²) in [4.78, 5) is 7.85. The normalized spacial score (nSPS) is 22.4. The molecule has 3 heterocycles. The van der Waals surface area contributed by atoms with E-state index in [1.165, 1.54) is 11.0 Å². The Kier molecular flexibility index (Phi) is 3.42. The van der Waals surface area contributed by atoms with E-state index in [0.29, 0.717) is 28.4 Å². The van der Waals surface area contributed by atoms with Crippen LogP contribution in [0.15, 0.2) is 6.33 Å². The maximum absolute atomic E-state index is 12.9. The molecule has 6 nitrogen and oxygen atoms in total. The van der Waals surface area contributed by atoms with E-state index in [4.69, 9.17) is 5.73 Å². The van der Waals surface area contributed by atoms with E-state index < -0.39 is 24.0 Å². The number of nitrogens with two attached hydrogens (primary N) is 1. The van der Waals surface area contributed by atoms with Crippen LogP contribution >= 0.6 is 19.8 Å². The molecule has 2 aromatic rings. The molecule has 0 radical (unpaired) electrons. The van der Waals surface area contributed by atoms with Crippen molar-refractivity contribution in [3.8, 4) is 0 Å². The third-order valence-corrected chi connectivity index (χ3v) is 9.08. The summed E-state index contributed by atoms with van der Waals surface area (Å²) in [5.41, 5.74) is 6.43. The van der Waals surface area contributed by atoms with Gasteiger partial charge in [0, 0.05) is 0 Å². The van der Waals surface area contributed by atoms with E-state index in [-0.39, 0.29) is 16.3 Å². The SMILES string of the molecule is Nc1ncnc2c1nnn2C1CCCI(C(F)(F)F)C1. The van der Waals surface area contributed by atoms with Gasteiger partial charge in [0.15, 0.2) is 0 Å². The van der Waals surface area contributed by atoms with Gasteiger partial charge in [0.05, 0.1) is 0 Å². The van der Waals surface area contributed by atoms with E-state index in [2.05, 4.69) is 20.3 Å². The van der Waals surface area contributed by atoms with Crippen LogP contribution in [0.3, 0.4) is 0 Å². The Bertz CT molecular complexity index is 627. The van der Waals surface area contributed by atoms with Crippen LogP contribution in [0.1, 0.15) is 18.9 Å². The van der Waals surface area contributed by atoms with Crippen molar-refractivity contribution < 1.29 is 13.2 Å². The standard InChI is InChI=1S/C10H12F3IN6/c11-10(12,13)14-3-1-2-6(4-14)20-9-7(18-19-20)8(15)16-5-17-9/h5-6H,1-4H2,(H2,15,16,17). The zero-order chi connectivity index (χ0) is 14.3. The number of aromatic nitrogens is 5. The number of alkyl halides is 6. The van der Waals surface area contributed by atoms with E-state index in [0.717, 1.165) is 0 Å². The van der Waals surface area contributed by atoms with Crippen molar-refractivity contribution in [1.82, 2.24) is 25.0 Å². The molecule has 0 bridgehead atoms. The predicted octanol–water partition coefficient (Wildman–Crippen LogP) is 2.16. The van der Waals surface area contributed by atoms with E-state index >= 15 is 0 Å². The molecule has 0 aromatic carbocycles. The molecule has 3 rings (SSSR count). The van der Waals surface area contributed by atoms with Crippen molar-refractivity contribution in [3.05, 3.63) is 6.33 Å². The zero-order valence-corrected chi connectivity index (χ0v) is 12.5. The summed E-state index contributed by atoms with van der Waals surface area (Å²) in [6.07, 6.45) is 2.53. The summed E-state index contributed by atoms with van der Waals surface area (Å²) in [7, 11) is 0. The first-order chi connectivity index (χ1) is 9.47. The van der Waals surface area contributed by atoms with Crippen molar-refractivity contribution in [2.45, 2.75) is 23.1 Å². The van der Waals surface area contributed by atoms with Crippen molar-refractivity contribution in [2.75, 3.05) is 14.6 Å². The molecule has 1 fully saturated rings. The average Bonchev–Trinajstić information content (AvgIpc) is 2.83. The predicted molar refractivity (Wildman–Crippen MR) is 75.6 cm³/mol. The number of rotatable bonds is 1.